The number of nitrogens with one attached hydrogen (secondary N) is 1. The third-order valence-electron chi connectivity index (χ3n) is 2.95. The van der Waals surface area contributed by atoms with E-state index < -0.39 is 0 Å². The standard InChI is InChI=1S/C11H23NS/c1-4-13-7-5-6-12-9-10-8-11(10,2)3/h10,12H,4-9H2,1-3H3. The number of rotatable bonds is 7. The Morgan fingerprint density at radius 2 is 2.15 bits per heavy atom. The Labute approximate surface area is 87.1 Å². The predicted molar refractivity (Wildman–Crippen MR) is 62.4 cm³/mol. The summed E-state index contributed by atoms with van der Waals surface area (Å²) in [5.41, 5.74) is 0.644. The molecule has 0 amide bonds. The molecule has 0 heterocycles. The van der Waals surface area contributed by atoms with Crippen LogP contribution in [0.15, 0.2) is 0 Å². The Morgan fingerprint density at radius 1 is 1.46 bits per heavy atom. The molecule has 0 bridgehead atoms. The van der Waals surface area contributed by atoms with Crippen molar-refractivity contribution in [1.82, 2.24) is 5.32 Å². The molecule has 0 aromatic heterocycles. The SMILES string of the molecule is CCSCCCNCC1CC1(C)C. The molecule has 0 spiro atoms. The van der Waals surface area contributed by atoms with Crippen molar-refractivity contribution in [3.8, 4) is 0 Å². The van der Waals surface area contributed by atoms with E-state index in [2.05, 4.69) is 26.1 Å². The zero-order chi connectivity index (χ0) is 9.73. The summed E-state index contributed by atoms with van der Waals surface area (Å²) in [6, 6.07) is 0. The zero-order valence-electron chi connectivity index (χ0n) is 9.23. The second-order valence-electron chi connectivity index (χ2n) is 4.64. The van der Waals surface area contributed by atoms with Crippen LogP contribution in [-0.4, -0.2) is 24.6 Å². The van der Waals surface area contributed by atoms with Crippen LogP contribution in [0, 0.1) is 11.3 Å². The lowest BCUT2D eigenvalue weighted by Gasteiger charge is -2.05. The Hall–Kier alpha value is 0.310. The van der Waals surface area contributed by atoms with Crippen LogP contribution < -0.4 is 5.32 Å². The van der Waals surface area contributed by atoms with Crippen molar-refractivity contribution in [2.75, 3.05) is 24.6 Å². The molecule has 1 N–H and O–H groups in total. The Morgan fingerprint density at radius 3 is 2.69 bits per heavy atom. The largest absolute Gasteiger partial charge is 0.316 e. The molecule has 13 heavy (non-hydrogen) atoms. The second kappa shape index (κ2) is 5.26. The first-order valence-corrected chi connectivity index (χ1v) is 6.60. The van der Waals surface area contributed by atoms with E-state index in [1.165, 1.54) is 37.4 Å². The number of hydrogen-bond acceptors (Lipinski definition) is 2. The van der Waals surface area contributed by atoms with Gasteiger partial charge in [-0.25, -0.2) is 0 Å². The van der Waals surface area contributed by atoms with Crippen molar-refractivity contribution < 1.29 is 0 Å². The van der Waals surface area contributed by atoms with E-state index in [4.69, 9.17) is 0 Å². The second-order valence-corrected chi connectivity index (χ2v) is 6.04. The van der Waals surface area contributed by atoms with Crippen LogP contribution in [-0.2, 0) is 0 Å². The van der Waals surface area contributed by atoms with Gasteiger partial charge in [-0.05, 0) is 48.8 Å². The fourth-order valence-electron chi connectivity index (χ4n) is 1.64. The van der Waals surface area contributed by atoms with Crippen LogP contribution in [0.25, 0.3) is 0 Å². The molecule has 1 rings (SSSR count). The lowest BCUT2D eigenvalue weighted by molar-refractivity contribution is 0.520. The van der Waals surface area contributed by atoms with Gasteiger partial charge in [0.05, 0.1) is 0 Å². The third kappa shape index (κ3) is 4.37. The van der Waals surface area contributed by atoms with Gasteiger partial charge < -0.3 is 5.32 Å². The Kier molecular flexibility index (Phi) is 4.60. The first-order valence-electron chi connectivity index (χ1n) is 5.45. The maximum atomic E-state index is 3.55. The summed E-state index contributed by atoms with van der Waals surface area (Å²) in [5, 5.41) is 3.55. The minimum Gasteiger partial charge on any atom is -0.316 e. The lowest BCUT2D eigenvalue weighted by atomic mass is 10.1. The minimum absolute atomic E-state index is 0.644. The summed E-state index contributed by atoms with van der Waals surface area (Å²) in [5.74, 6) is 3.53. The molecule has 0 aromatic carbocycles. The molecule has 1 fully saturated rings. The van der Waals surface area contributed by atoms with E-state index in [-0.39, 0.29) is 0 Å². The summed E-state index contributed by atoms with van der Waals surface area (Å²) < 4.78 is 0. The molecule has 0 aliphatic heterocycles. The molecule has 0 radical (unpaired) electrons. The molecule has 1 atom stereocenters. The van der Waals surface area contributed by atoms with Crippen molar-refractivity contribution in [2.24, 2.45) is 11.3 Å². The molecule has 0 aromatic rings. The van der Waals surface area contributed by atoms with Gasteiger partial charge in [0.1, 0.15) is 0 Å². The van der Waals surface area contributed by atoms with Crippen molar-refractivity contribution in [1.29, 1.82) is 0 Å². The first-order chi connectivity index (χ1) is 6.17. The first kappa shape index (κ1) is 11.4. The Balaban J connectivity index is 1.80. The van der Waals surface area contributed by atoms with Gasteiger partial charge in [-0.2, -0.15) is 11.8 Å². The zero-order valence-corrected chi connectivity index (χ0v) is 10.0. The summed E-state index contributed by atoms with van der Waals surface area (Å²) in [6.07, 6.45) is 2.75. The van der Waals surface area contributed by atoms with Crippen LogP contribution >= 0.6 is 11.8 Å². The molecule has 0 saturated heterocycles. The summed E-state index contributed by atoms with van der Waals surface area (Å²) >= 11 is 2.04. The molecule has 2 heteroatoms. The van der Waals surface area contributed by atoms with E-state index in [1.54, 1.807) is 0 Å². The normalized spacial score (nSPS) is 24.7. The van der Waals surface area contributed by atoms with Gasteiger partial charge in [0, 0.05) is 0 Å². The van der Waals surface area contributed by atoms with Gasteiger partial charge in [-0.15, -0.1) is 0 Å². The fourth-order valence-corrected chi connectivity index (χ4v) is 2.28. The van der Waals surface area contributed by atoms with Crippen LogP contribution in [0.2, 0.25) is 0 Å². The third-order valence-corrected chi connectivity index (χ3v) is 3.94. The highest BCUT2D eigenvalue weighted by atomic mass is 32.2. The van der Waals surface area contributed by atoms with Crippen molar-refractivity contribution in [3.05, 3.63) is 0 Å². The van der Waals surface area contributed by atoms with E-state index >= 15 is 0 Å². The molecule has 78 valence electrons. The highest BCUT2D eigenvalue weighted by Gasteiger charge is 2.44. The molecule has 1 saturated carbocycles. The van der Waals surface area contributed by atoms with Crippen LogP contribution in [0.4, 0.5) is 0 Å². The highest BCUT2D eigenvalue weighted by Crippen LogP contribution is 2.50. The van der Waals surface area contributed by atoms with Crippen LogP contribution in [0.1, 0.15) is 33.6 Å². The maximum absolute atomic E-state index is 3.55. The average molecular weight is 201 g/mol. The van der Waals surface area contributed by atoms with E-state index in [0.717, 1.165) is 5.92 Å². The van der Waals surface area contributed by atoms with Gasteiger partial charge in [0.2, 0.25) is 0 Å². The quantitative estimate of drug-likeness (QED) is 0.636. The predicted octanol–water partition coefficient (Wildman–Crippen LogP) is 2.77. The van der Waals surface area contributed by atoms with Gasteiger partial charge in [-0.1, -0.05) is 20.8 Å². The fraction of sp³-hybridized carbons (Fsp3) is 1.00. The van der Waals surface area contributed by atoms with Gasteiger partial charge in [-0.3, -0.25) is 0 Å². The summed E-state index contributed by atoms with van der Waals surface area (Å²) in [4.78, 5) is 0. The monoisotopic (exact) mass is 201 g/mol. The van der Waals surface area contributed by atoms with E-state index in [9.17, 15) is 0 Å². The van der Waals surface area contributed by atoms with Crippen LogP contribution in [0.3, 0.4) is 0 Å². The molecular weight excluding hydrogens is 178 g/mol. The van der Waals surface area contributed by atoms with E-state index in [1.807, 2.05) is 11.8 Å². The van der Waals surface area contributed by atoms with Gasteiger partial charge in [0.25, 0.3) is 0 Å². The molecule has 1 unspecified atom stereocenters. The molecule has 1 nitrogen and oxygen atoms in total. The Bertz CT molecular complexity index is 145. The lowest BCUT2D eigenvalue weighted by Crippen LogP contribution is -2.20. The minimum atomic E-state index is 0.644. The molecule has 1 aliphatic carbocycles. The van der Waals surface area contributed by atoms with Crippen molar-refractivity contribution in [2.45, 2.75) is 33.6 Å². The van der Waals surface area contributed by atoms with Crippen molar-refractivity contribution >= 4 is 11.8 Å². The number of hydrogen-bond donors (Lipinski definition) is 1. The molecule has 1 aliphatic rings. The van der Waals surface area contributed by atoms with Gasteiger partial charge in [0.15, 0.2) is 0 Å². The smallest absolute Gasteiger partial charge is 0.00152 e. The number of thioether (sulfide) groups is 1. The van der Waals surface area contributed by atoms with Gasteiger partial charge >= 0.3 is 0 Å². The maximum Gasteiger partial charge on any atom is -0.00152 e. The highest BCUT2D eigenvalue weighted by molar-refractivity contribution is 7.99. The topological polar surface area (TPSA) is 12.0 Å². The van der Waals surface area contributed by atoms with Crippen molar-refractivity contribution in [3.63, 3.8) is 0 Å². The summed E-state index contributed by atoms with van der Waals surface area (Å²) in [6.45, 7) is 9.41. The average Bonchev–Trinajstić information content (AvgIpc) is 2.67. The summed E-state index contributed by atoms with van der Waals surface area (Å²) in [7, 11) is 0. The van der Waals surface area contributed by atoms with E-state index in [0.29, 0.717) is 5.41 Å². The van der Waals surface area contributed by atoms with Crippen LogP contribution in [0.5, 0.6) is 0 Å². The molecular formula is C11H23NS.